The third-order valence-corrected chi connectivity index (χ3v) is 3.75. The van der Waals surface area contributed by atoms with Crippen molar-refractivity contribution in [1.82, 2.24) is 0 Å². The molecule has 0 fully saturated rings. The highest BCUT2D eigenvalue weighted by atomic mass is 35.5. The van der Waals surface area contributed by atoms with Crippen molar-refractivity contribution in [2.75, 3.05) is 0 Å². The number of rotatable bonds is 6. The smallest absolute Gasteiger partial charge is 0.344 e. The molecule has 120 valence electrons. The first kappa shape index (κ1) is 17.0. The van der Waals surface area contributed by atoms with Crippen molar-refractivity contribution in [3.05, 3.63) is 64.2 Å². The summed E-state index contributed by atoms with van der Waals surface area (Å²) in [6.07, 6.45) is -0.710. The van der Waals surface area contributed by atoms with E-state index in [9.17, 15) is 9.59 Å². The van der Waals surface area contributed by atoms with Gasteiger partial charge in [-0.25, -0.2) is 4.79 Å². The van der Waals surface area contributed by atoms with Crippen LogP contribution >= 0.6 is 11.6 Å². The monoisotopic (exact) mass is 332 g/mol. The zero-order valence-electron chi connectivity index (χ0n) is 12.9. The second-order valence-corrected chi connectivity index (χ2v) is 5.57. The van der Waals surface area contributed by atoms with Gasteiger partial charge in [0.15, 0.2) is 11.9 Å². The Balaban J connectivity index is 2.45. The van der Waals surface area contributed by atoms with Crippen molar-refractivity contribution in [2.24, 2.45) is 0 Å². The van der Waals surface area contributed by atoms with E-state index in [2.05, 4.69) is 0 Å². The number of carbonyl (C=O) groups is 2. The van der Waals surface area contributed by atoms with Gasteiger partial charge in [0.25, 0.3) is 0 Å². The number of ether oxygens (including phenoxy) is 1. The van der Waals surface area contributed by atoms with Gasteiger partial charge >= 0.3 is 5.97 Å². The van der Waals surface area contributed by atoms with E-state index in [4.69, 9.17) is 21.4 Å². The minimum atomic E-state index is -1.06. The molecule has 2 aromatic rings. The van der Waals surface area contributed by atoms with Crippen LogP contribution in [-0.2, 0) is 4.79 Å². The second-order valence-electron chi connectivity index (χ2n) is 5.16. The number of carboxylic acids is 1. The molecular weight excluding hydrogens is 316 g/mol. The molecule has 0 bridgehead atoms. The molecule has 0 aliphatic carbocycles. The fourth-order valence-electron chi connectivity index (χ4n) is 2.17. The fraction of sp³-hybridized carbons (Fsp3) is 0.222. The maximum atomic E-state index is 12.7. The van der Waals surface area contributed by atoms with Gasteiger partial charge in [-0.05, 0) is 43.2 Å². The molecule has 0 aromatic heterocycles. The van der Waals surface area contributed by atoms with Gasteiger partial charge in [0, 0.05) is 5.56 Å². The molecule has 0 heterocycles. The van der Waals surface area contributed by atoms with Crippen LogP contribution < -0.4 is 4.74 Å². The Hall–Kier alpha value is -2.33. The molecule has 0 aliphatic rings. The van der Waals surface area contributed by atoms with Crippen molar-refractivity contribution >= 4 is 23.4 Å². The molecule has 5 heteroatoms. The normalized spacial score (nSPS) is 11.8. The lowest BCUT2D eigenvalue weighted by atomic mass is 10.0. The fourth-order valence-corrected chi connectivity index (χ4v) is 2.39. The summed E-state index contributed by atoms with van der Waals surface area (Å²) in [6.45, 7) is 3.56. The highest BCUT2D eigenvalue weighted by Gasteiger charge is 2.22. The van der Waals surface area contributed by atoms with Gasteiger partial charge in [-0.2, -0.15) is 0 Å². The minimum Gasteiger partial charge on any atom is -0.479 e. The number of hydrogen-bond acceptors (Lipinski definition) is 3. The van der Waals surface area contributed by atoms with Gasteiger partial charge in [0.05, 0.1) is 10.6 Å². The van der Waals surface area contributed by atoms with Crippen LogP contribution in [0.2, 0.25) is 5.02 Å². The van der Waals surface area contributed by atoms with E-state index >= 15 is 0 Å². The summed E-state index contributed by atoms with van der Waals surface area (Å²) in [5.74, 6) is -1.11. The van der Waals surface area contributed by atoms with Crippen LogP contribution in [0.1, 0.15) is 34.8 Å². The molecule has 0 amide bonds. The average Bonchev–Trinajstić information content (AvgIpc) is 2.52. The third kappa shape index (κ3) is 3.90. The van der Waals surface area contributed by atoms with E-state index in [0.29, 0.717) is 22.6 Å². The predicted molar refractivity (Wildman–Crippen MR) is 88.4 cm³/mol. The lowest BCUT2D eigenvalue weighted by Gasteiger charge is -2.17. The Bertz CT molecular complexity index is 740. The Morgan fingerprint density at radius 1 is 1.17 bits per heavy atom. The largest absolute Gasteiger partial charge is 0.479 e. The van der Waals surface area contributed by atoms with Gasteiger partial charge in [-0.3, -0.25) is 4.79 Å². The standard InChI is InChI=1S/C18H17ClO4/c1-3-15(18(21)22)23-16-10-11(2)8-9-13(16)17(20)12-6-4-5-7-14(12)19/h4-10,15H,3H2,1-2H3,(H,21,22). The molecule has 4 nitrogen and oxygen atoms in total. The van der Waals surface area contributed by atoms with Crippen LogP contribution in [0.4, 0.5) is 0 Å². The number of aliphatic carboxylic acids is 1. The van der Waals surface area contributed by atoms with E-state index in [1.807, 2.05) is 6.92 Å². The molecule has 2 aromatic carbocycles. The second kappa shape index (κ2) is 7.29. The van der Waals surface area contributed by atoms with E-state index in [-0.39, 0.29) is 11.5 Å². The van der Waals surface area contributed by atoms with Crippen molar-refractivity contribution in [2.45, 2.75) is 26.4 Å². The summed E-state index contributed by atoms with van der Waals surface area (Å²) in [7, 11) is 0. The van der Waals surface area contributed by atoms with Crippen LogP contribution in [0.15, 0.2) is 42.5 Å². The molecule has 1 N–H and O–H groups in total. The third-order valence-electron chi connectivity index (χ3n) is 3.42. The lowest BCUT2D eigenvalue weighted by molar-refractivity contribution is -0.145. The van der Waals surface area contributed by atoms with E-state index in [1.54, 1.807) is 49.4 Å². The van der Waals surface area contributed by atoms with Crippen LogP contribution in [-0.4, -0.2) is 23.0 Å². The maximum Gasteiger partial charge on any atom is 0.344 e. The number of carbonyl (C=O) groups excluding carboxylic acids is 1. The van der Waals surface area contributed by atoms with Gasteiger partial charge in [0.2, 0.25) is 0 Å². The molecule has 0 aliphatic heterocycles. The van der Waals surface area contributed by atoms with Crippen LogP contribution in [0.5, 0.6) is 5.75 Å². The molecule has 23 heavy (non-hydrogen) atoms. The van der Waals surface area contributed by atoms with Crippen molar-refractivity contribution in [3.63, 3.8) is 0 Å². The average molecular weight is 333 g/mol. The minimum absolute atomic E-state index is 0.254. The number of aryl methyl sites for hydroxylation is 1. The predicted octanol–water partition coefficient (Wildman–Crippen LogP) is 4.12. The molecule has 1 atom stereocenters. The lowest BCUT2D eigenvalue weighted by Crippen LogP contribution is -2.26. The van der Waals surface area contributed by atoms with E-state index in [0.717, 1.165) is 5.56 Å². The summed E-state index contributed by atoms with van der Waals surface area (Å²) >= 11 is 6.08. The first-order valence-corrected chi connectivity index (χ1v) is 7.61. The van der Waals surface area contributed by atoms with E-state index in [1.165, 1.54) is 0 Å². The molecule has 1 unspecified atom stereocenters. The first-order valence-electron chi connectivity index (χ1n) is 7.23. The molecular formula is C18H17ClO4. The molecule has 2 rings (SSSR count). The first-order chi connectivity index (χ1) is 10.9. The van der Waals surface area contributed by atoms with Gasteiger partial charge in [0.1, 0.15) is 5.75 Å². The highest BCUT2D eigenvalue weighted by Crippen LogP contribution is 2.27. The molecule has 0 saturated carbocycles. The van der Waals surface area contributed by atoms with Crippen LogP contribution in [0, 0.1) is 6.92 Å². The number of halogens is 1. The van der Waals surface area contributed by atoms with Crippen LogP contribution in [0.25, 0.3) is 0 Å². The van der Waals surface area contributed by atoms with Crippen LogP contribution in [0.3, 0.4) is 0 Å². The summed E-state index contributed by atoms with van der Waals surface area (Å²) < 4.78 is 5.56. The zero-order chi connectivity index (χ0) is 17.0. The SMILES string of the molecule is CCC(Oc1cc(C)ccc1C(=O)c1ccccc1Cl)C(=O)O. The van der Waals surface area contributed by atoms with Gasteiger partial charge in [-0.15, -0.1) is 0 Å². The van der Waals surface area contributed by atoms with E-state index < -0.39 is 12.1 Å². The van der Waals surface area contributed by atoms with Crippen molar-refractivity contribution in [1.29, 1.82) is 0 Å². The molecule has 0 saturated heterocycles. The van der Waals surface area contributed by atoms with Gasteiger partial charge in [-0.1, -0.05) is 36.7 Å². The summed E-state index contributed by atoms with van der Waals surface area (Å²) in [5, 5.41) is 9.51. The maximum absolute atomic E-state index is 12.7. The molecule has 0 radical (unpaired) electrons. The highest BCUT2D eigenvalue weighted by molar-refractivity contribution is 6.35. The summed E-state index contributed by atoms with van der Waals surface area (Å²) in [6, 6.07) is 11.8. The number of ketones is 1. The van der Waals surface area contributed by atoms with Crippen molar-refractivity contribution in [3.8, 4) is 5.75 Å². The summed E-state index contributed by atoms with van der Waals surface area (Å²) in [4.78, 5) is 23.9. The van der Waals surface area contributed by atoms with Crippen molar-refractivity contribution < 1.29 is 19.4 Å². The Morgan fingerprint density at radius 3 is 2.48 bits per heavy atom. The topological polar surface area (TPSA) is 63.6 Å². The Morgan fingerprint density at radius 2 is 1.87 bits per heavy atom. The zero-order valence-corrected chi connectivity index (χ0v) is 13.6. The Labute approximate surface area is 139 Å². The number of carboxylic acid groups (broad SMARTS) is 1. The summed E-state index contributed by atoms with van der Waals surface area (Å²) in [5.41, 5.74) is 1.52. The quantitative estimate of drug-likeness (QED) is 0.808. The number of benzene rings is 2. The van der Waals surface area contributed by atoms with Gasteiger partial charge < -0.3 is 9.84 Å². The Kier molecular flexibility index (Phi) is 5.40. The number of hydrogen-bond donors (Lipinski definition) is 1. The molecule has 0 spiro atoms.